The van der Waals surface area contributed by atoms with Crippen molar-refractivity contribution in [2.45, 2.75) is 84.1 Å². The first-order valence-corrected chi connectivity index (χ1v) is 11.3. The van der Waals surface area contributed by atoms with Crippen molar-refractivity contribution in [3.8, 4) is 0 Å². The van der Waals surface area contributed by atoms with E-state index in [4.69, 9.17) is 28.4 Å². The fraction of sp³-hybridized carbons (Fsp3) is 0.800. The Kier molecular flexibility index (Phi) is 12.7. The van der Waals surface area contributed by atoms with Gasteiger partial charge in [0.1, 0.15) is 12.7 Å². The predicted molar refractivity (Wildman–Crippen MR) is 110 cm³/mol. The standard InChI is InChI=1S/C20H31BrO10/c1-12(22)27-11-16-17(28-13(2)23)18(29-14(3)24)19(30-15(4)25)20(31-16)26-10-8-6-5-7-9-21/h16-20H,5-11H2,1-4H3/t16-,17-,18+,19-,20-/m1/s1. The average Bonchev–Trinajstić information content (AvgIpc) is 2.66. The molecule has 0 N–H and O–H groups in total. The number of ether oxygens (including phenoxy) is 6. The van der Waals surface area contributed by atoms with Crippen molar-refractivity contribution in [3.63, 3.8) is 0 Å². The van der Waals surface area contributed by atoms with Crippen molar-refractivity contribution >= 4 is 39.8 Å². The van der Waals surface area contributed by atoms with Crippen LogP contribution in [0.5, 0.6) is 0 Å². The molecule has 0 bridgehead atoms. The molecule has 1 saturated heterocycles. The third-order valence-corrected chi connectivity index (χ3v) is 4.82. The van der Waals surface area contributed by atoms with Gasteiger partial charge in [0.15, 0.2) is 24.6 Å². The highest BCUT2D eigenvalue weighted by molar-refractivity contribution is 9.09. The average molecular weight is 511 g/mol. The van der Waals surface area contributed by atoms with Gasteiger partial charge < -0.3 is 28.4 Å². The van der Waals surface area contributed by atoms with Crippen LogP contribution in [0.15, 0.2) is 0 Å². The van der Waals surface area contributed by atoms with Crippen molar-refractivity contribution in [1.82, 2.24) is 0 Å². The lowest BCUT2D eigenvalue weighted by atomic mass is 9.98. The lowest BCUT2D eigenvalue weighted by Gasteiger charge is -2.44. The molecule has 0 spiro atoms. The maximum Gasteiger partial charge on any atom is 0.303 e. The van der Waals surface area contributed by atoms with Gasteiger partial charge in [-0.15, -0.1) is 0 Å². The van der Waals surface area contributed by atoms with Gasteiger partial charge >= 0.3 is 23.9 Å². The van der Waals surface area contributed by atoms with Crippen molar-refractivity contribution in [1.29, 1.82) is 0 Å². The summed E-state index contributed by atoms with van der Waals surface area (Å²) >= 11 is 3.38. The van der Waals surface area contributed by atoms with Gasteiger partial charge in [-0.1, -0.05) is 28.8 Å². The van der Waals surface area contributed by atoms with Crippen LogP contribution in [0.25, 0.3) is 0 Å². The lowest BCUT2D eigenvalue weighted by Crippen LogP contribution is -2.63. The Balaban J connectivity index is 3.07. The molecule has 31 heavy (non-hydrogen) atoms. The summed E-state index contributed by atoms with van der Waals surface area (Å²) in [6.45, 7) is 4.78. The van der Waals surface area contributed by atoms with E-state index in [0.29, 0.717) is 6.61 Å². The molecule has 1 rings (SSSR count). The van der Waals surface area contributed by atoms with Crippen molar-refractivity contribution in [2.24, 2.45) is 0 Å². The van der Waals surface area contributed by atoms with E-state index in [1.165, 1.54) is 27.7 Å². The molecule has 178 valence electrons. The summed E-state index contributed by atoms with van der Waals surface area (Å²) < 4.78 is 32.6. The number of alkyl halides is 1. The third-order valence-electron chi connectivity index (χ3n) is 4.26. The van der Waals surface area contributed by atoms with Crippen LogP contribution in [0.4, 0.5) is 0 Å². The Morgan fingerprint density at radius 2 is 1.29 bits per heavy atom. The van der Waals surface area contributed by atoms with E-state index in [0.717, 1.165) is 31.0 Å². The maximum atomic E-state index is 11.7. The van der Waals surface area contributed by atoms with Crippen molar-refractivity contribution < 1.29 is 47.6 Å². The Hall–Kier alpha value is -1.72. The number of carbonyl (C=O) groups excluding carboxylic acids is 4. The number of hydrogen-bond acceptors (Lipinski definition) is 10. The van der Waals surface area contributed by atoms with Gasteiger partial charge in [0.2, 0.25) is 0 Å². The zero-order valence-electron chi connectivity index (χ0n) is 18.3. The second-order valence-electron chi connectivity index (χ2n) is 7.04. The highest BCUT2D eigenvalue weighted by Gasteiger charge is 2.52. The second kappa shape index (κ2) is 14.4. The van der Waals surface area contributed by atoms with Gasteiger partial charge in [0, 0.05) is 39.6 Å². The molecule has 0 amide bonds. The van der Waals surface area contributed by atoms with Crippen LogP contribution >= 0.6 is 15.9 Å². The van der Waals surface area contributed by atoms with E-state index >= 15 is 0 Å². The second-order valence-corrected chi connectivity index (χ2v) is 7.83. The number of rotatable bonds is 12. The summed E-state index contributed by atoms with van der Waals surface area (Å²) in [6.07, 6.45) is -1.95. The molecule has 1 aliphatic heterocycles. The van der Waals surface area contributed by atoms with Crippen LogP contribution in [0.1, 0.15) is 53.4 Å². The van der Waals surface area contributed by atoms with Crippen molar-refractivity contribution in [2.75, 3.05) is 18.5 Å². The van der Waals surface area contributed by atoms with Gasteiger partial charge in [0.25, 0.3) is 0 Å². The fourth-order valence-electron chi connectivity index (χ4n) is 3.07. The summed E-state index contributed by atoms with van der Waals surface area (Å²) in [5, 5.41) is 0.924. The molecule has 5 atom stereocenters. The van der Waals surface area contributed by atoms with Gasteiger partial charge in [-0.05, 0) is 12.8 Å². The molecule has 0 radical (unpaired) electrons. The third kappa shape index (κ3) is 10.4. The van der Waals surface area contributed by atoms with E-state index in [9.17, 15) is 19.2 Å². The molecular formula is C20H31BrO10. The molecule has 0 aliphatic carbocycles. The minimum atomic E-state index is -1.21. The summed E-state index contributed by atoms with van der Waals surface area (Å²) in [5.41, 5.74) is 0. The van der Waals surface area contributed by atoms with Crippen LogP contribution < -0.4 is 0 Å². The molecule has 0 aromatic carbocycles. The number of halogens is 1. The van der Waals surface area contributed by atoms with E-state index in [1.807, 2.05) is 0 Å². The largest absolute Gasteiger partial charge is 0.463 e. The van der Waals surface area contributed by atoms with Crippen LogP contribution in [-0.2, 0) is 47.6 Å². The Labute approximate surface area is 190 Å². The summed E-state index contributed by atoms with van der Waals surface area (Å²) in [5.74, 6) is -2.58. The molecule has 11 heteroatoms. The summed E-state index contributed by atoms with van der Waals surface area (Å²) in [6, 6.07) is 0. The number of esters is 4. The van der Waals surface area contributed by atoms with Crippen LogP contribution in [0, 0.1) is 0 Å². The summed E-state index contributed by atoms with van der Waals surface area (Å²) in [7, 11) is 0. The highest BCUT2D eigenvalue weighted by atomic mass is 79.9. The van der Waals surface area contributed by atoms with Crippen LogP contribution in [0.2, 0.25) is 0 Å². The topological polar surface area (TPSA) is 124 Å². The molecule has 0 saturated carbocycles. The van der Waals surface area contributed by atoms with E-state index in [1.54, 1.807) is 0 Å². The quantitative estimate of drug-likeness (QED) is 0.166. The smallest absolute Gasteiger partial charge is 0.303 e. The lowest BCUT2D eigenvalue weighted by molar-refractivity contribution is -0.308. The zero-order valence-corrected chi connectivity index (χ0v) is 19.9. The van der Waals surface area contributed by atoms with E-state index < -0.39 is 54.6 Å². The van der Waals surface area contributed by atoms with Gasteiger partial charge in [-0.25, -0.2) is 0 Å². The zero-order chi connectivity index (χ0) is 23.4. The minimum absolute atomic E-state index is 0.275. The molecule has 1 aliphatic rings. The first-order valence-electron chi connectivity index (χ1n) is 10.1. The fourth-order valence-corrected chi connectivity index (χ4v) is 3.47. The molecule has 10 nitrogen and oxygen atoms in total. The Morgan fingerprint density at radius 1 is 0.742 bits per heavy atom. The number of unbranched alkanes of at least 4 members (excludes halogenated alkanes) is 3. The predicted octanol–water partition coefficient (Wildman–Crippen LogP) is 2.04. The summed E-state index contributed by atoms with van der Waals surface area (Å²) in [4.78, 5) is 46.4. The number of carbonyl (C=O) groups is 4. The monoisotopic (exact) mass is 510 g/mol. The molecule has 0 aromatic heterocycles. The van der Waals surface area contributed by atoms with E-state index in [2.05, 4.69) is 15.9 Å². The molecular weight excluding hydrogens is 480 g/mol. The van der Waals surface area contributed by atoms with Gasteiger partial charge in [0.05, 0.1) is 0 Å². The Morgan fingerprint density at radius 3 is 1.84 bits per heavy atom. The Bertz CT molecular complexity index is 611. The number of hydrogen-bond donors (Lipinski definition) is 0. The molecule has 0 aromatic rings. The van der Waals surface area contributed by atoms with Crippen molar-refractivity contribution in [3.05, 3.63) is 0 Å². The first kappa shape index (κ1) is 27.3. The van der Waals surface area contributed by atoms with E-state index in [-0.39, 0.29) is 6.61 Å². The van der Waals surface area contributed by atoms with Gasteiger partial charge in [-0.2, -0.15) is 0 Å². The SMILES string of the molecule is CC(=O)OC[C@H]1O[C@@H](OCCCCCCBr)[C@H](OC(C)=O)[C@@H](OC(C)=O)[C@@H]1OC(C)=O. The van der Waals surface area contributed by atoms with Crippen LogP contribution in [0.3, 0.4) is 0 Å². The van der Waals surface area contributed by atoms with Gasteiger partial charge in [-0.3, -0.25) is 19.2 Å². The normalized spacial score (nSPS) is 25.4. The maximum absolute atomic E-state index is 11.7. The molecule has 1 heterocycles. The minimum Gasteiger partial charge on any atom is -0.463 e. The first-order chi connectivity index (χ1) is 14.6. The molecule has 1 fully saturated rings. The van der Waals surface area contributed by atoms with Crippen LogP contribution in [-0.4, -0.2) is 73.1 Å². The molecule has 0 unspecified atom stereocenters. The highest BCUT2D eigenvalue weighted by Crippen LogP contribution is 2.30.